The number of rotatable bonds is 6. The summed E-state index contributed by atoms with van der Waals surface area (Å²) >= 11 is 5.92. The van der Waals surface area contributed by atoms with E-state index in [0.717, 1.165) is 16.5 Å². The molecule has 0 saturated heterocycles. The summed E-state index contributed by atoms with van der Waals surface area (Å²) in [5.41, 5.74) is 2.23. The van der Waals surface area contributed by atoms with Gasteiger partial charge >= 0.3 is 5.97 Å². The molecule has 3 aromatic rings. The smallest absolute Gasteiger partial charge is 0.314 e. The van der Waals surface area contributed by atoms with Crippen molar-refractivity contribution >= 4 is 34.3 Å². The fraction of sp³-hybridized carbons (Fsp3) is 0.238. The monoisotopic (exact) mass is 369 g/mol. The first kappa shape index (κ1) is 18.2. The second-order valence-electron chi connectivity index (χ2n) is 6.55. The molecule has 0 fully saturated rings. The van der Waals surface area contributed by atoms with Gasteiger partial charge in [0.1, 0.15) is 0 Å². The highest BCUT2D eigenvalue weighted by Crippen LogP contribution is 2.27. The van der Waals surface area contributed by atoms with Crippen molar-refractivity contribution in [3.63, 3.8) is 0 Å². The minimum atomic E-state index is -0.442. The molecule has 26 heavy (non-hydrogen) atoms. The van der Waals surface area contributed by atoms with Crippen molar-refractivity contribution in [1.29, 1.82) is 0 Å². The Labute approximate surface area is 157 Å². The zero-order chi connectivity index (χ0) is 18.7. The van der Waals surface area contributed by atoms with Gasteiger partial charge in [-0.3, -0.25) is 9.59 Å². The molecule has 5 heteroatoms. The maximum Gasteiger partial charge on any atom is 0.314 e. The number of aromatic amines is 1. The number of carbonyl (C=O) groups is 2. The number of aromatic nitrogens is 1. The molecule has 0 unspecified atom stereocenters. The molecule has 0 bridgehead atoms. The summed E-state index contributed by atoms with van der Waals surface area (Å²) in [7, 11) is 0. The highest BCUT2D eigenvalue weighted by atomic mass is 35.5. The second-order valence-corrected chi connectivity index (χ2v) is 6.99. The van der Waals surface area contributed by atoms with Crippen molar-refractivity contribution < 1.29 is 14.3 Å². The lowest BCUT2D eigenvalue weighted by Gasteiger charge is -2.19. The van der Waals surface area contributed by atoms with Crippen LogP contribution in [-0.4, -0.2) is 23.3 Å². The lowest BCUT2D eigenvalue weighted by atomic mass is 9.88. The number of Topliss-reactive ketones (excluding diaryl/α,β-unsaturated/α-hetero) is 1. The Kier molecular flexibility index (Phi) is 5.43. The number of hydrogen-bond acceptors (Lipinski definition) is 3. The number of H-pyrrole nitrogens is 1. The summed E-state index contributed by atoms with van der Waals surface area (Å²) < 4.78 is 5.35. The topological polar surface area (TPSA) is 59.2 Å². The Bertz CT molecular complexity index is 928. The molecular weight excluding hydrogens is 350 g/mol. The number of benzene rings is 2. The molecule has 134 valence electrons. The lowest BCUT2D eigenvalue weighted by molar-refractivity contribution is -0.145. The van der Waals surface area contributed by atoms with E-state index in [1.807, 2.05) is 50.2 Å². The summed E-state index contributed by atoms with van der Waals surface area (Å²) in [6.07, 6.45) is 1.65. The Balaban J connectivity index is 1.72. The van der Waals surface area contributed by atoms with E-state index in [-0.39, 0.29) is 18.3 Å². The van der Waals surface area contributed by atoms with Crippen molar-refractivity contribution in [3.05, 3.63) is 70.9 Å². The van der Waals surface area contributed by atoms with E-state index in [1.165, 1.54) is 0 Å². The van der Waals surface area contributed by atoms with Crippen LogP contribution in [0.4, 0.5) is 0 Å². The van der Waals surface area contributed by atoms with Crippen LogP contribution in [0.5, 0.6) is 0 Å². The van der Waals surface area contributed by atoms with Gasteiger partial charge in [-0.1, -0.05) is 55.8 Å². The van der Waals surface area contributed by atoms with E-state index >= 15 is 0 Å². The van der Waals surface area contributed by atoms with Crippen LogP contribution in [0.15, 0.2) is 54.7 Å². The average Bonchev–Trinajstić information content (AvgIpc) is 3.05. The summed E-state index contributed by atoms with van der Waals surface area (Å²) in [4.78, 5) is 28.1. The Morgan fingerprint density at radius 2 is 1.77 bits per heavy atom. The Morgan fingerprint density at radius 1 is 1.08 bits per heavy atom. The number of para-hydroxylation sites is 1. The molecule has 0 radical (unpaired) electrons. The van der Waals surface area contributed by atoms with E-state index in [2.05, 4.69) is 4.98 Å². The molecule has 1 aromatic heterocycles. The molecule has 0 amide bonds. The lowest BCUT2D eigenvalue weighted by Crippen LogP contribution is -2.23. The van der Waals surface area contributed by atoms with Crippen LogP contribution in [0.1, 0.15) is 35.7 Å². The van der Waals surface area contributed by atoms with Gasteiger partial charge in [-0.05, 0) is 29.7 Å². The van der Waals surface area contributed by atoms with Gasteiger partial charge in [0.15, 0.2) is 6.61 Å². The first-order valence-electron chi connectivity index (χ1n) is 8.49. The number of nitrogens with one attached hydrogen (secondary N) is 1. The molecule has 4 nitrogen and oxygen atoms in total. The fourth-order valence-electron chi connectivity index (χ4n) is 3.07. The van der Waals surface area contributed by atoms with Crippen LogP contribution in [0.2, 0.25) is 5.02 Å². The molecule has 3 rings (SSSR count). The van der Waals surface area contributed by atoms with Crippen LogP contribution in [-0.2, 0) is 9.53 Å². The number of ketones is 1. The first-order chi connectivity index (χ1) is 12.5. The third kappa shape index (κ3) is 3.81. The third-order valence-corrected chi connectivity index (χ3v) is 4.64. The summed E-state index contributed by atoms with van der Waals surface area (Å²) in [6, 6.07) is 14.7. The minimum Gasteiger partial charge on any atom is -0.457 e. The number of carbonyl (C=O) groups excluding carboxylic acids is 2. The van der Waals surface area contributed by atoms with E-state index in [1.54, 1.807) is 18.3 Å². The quantitative estimate of drug-likeness (QED) is 0.492. The predicted molar refractivity (Wildman–Crippen MR) is 103 cm³/mol. The number of fused-ring (bicyclic) bond motifs is 1. The van der Waals surface area contributed by atoms with Gasteiger partial charge < -0.3 is 9.72 Å². The van der Waals surface area contributed by atoms with Crippen LogP contribution in [0.3, 0.4) is 0 Å². The van der Waals surface area contributed by atoms with Gasteiger partial charge in [0.05, 0.1) is 5.92 Å². The zero-order valence-corrected chi connectivity index (χ0v) is 15.4. The molecular formula is C21H20ClNO3. The zero-order valence-electron chi connectivity index (χ0n) is 14.7. The van der Waals surface area contributed by atoms with Gasteiger partial charge in [0.2, 0.25) is 5.78 Å². The minimum absolute atomic E-state index is 0.0341. The third-order valence-electron chi connectivity index (χ3n) is 4.38. The highest BCUT2D eigenvalue weighted by molar-refractivity contribution is 6.30. The molecule has 1 N–H and O–H groups in total. The standard InChI is InChI=1S/C21H20ClNO3/c1-13(2)20(14-7-9-15(22)10-8-14)21(25)26-12-19(24)17-11-23-18-6-4-3-5-16(17)18/h3-11,13,20,23H,12H2,1-2H3/t20-/m0/s1. The Morgan fingerprint density at radius 3 is 2.46 bits per heavy atom. The molecule has 1 atom stereocenters. The largest absolute Gasteiger partial charge is 0.457 e. The van der Waals surface area contributed by atoms with Crippen LogP contribution >= 0.6 is 11.6 Å². The van der Waals surface area contributed by atoms with Crippen molar-refractivity contribution in [1.82, 2.24) is 4.98 Å². The maximum absolute atomic E-state index is 12.6. The van der Waals surface area contributed by atoms with E-state index < -0.39 is 11.9 Å². The highest BCUT2D eigenvalue weighted by Gasteiger charge is 2.26. The van der Waals surface area contributed by atoms with Crippen LogP contribution < -0.4 is 0 Å². The Hall–Kier alpha value is -2.59. The first-order valence-corrected chi connectivity index (χ1v) is 8.86. The molecule has 1 heterocycles. The van der Waals surface area contributed by atoms with E-state index in [0.29, 0.717) is 10.6 Å². The molecule has 2 aromatic carbocycles. The number of hydrogen-bond donors (Lipinski definition) is 1. The van der Waals surface area contributed by atoms with E-state index in [9.17, 15) is 9.59 Å². The SMILES string of the molecule is CC(C)[C@H](C(=O)OCC(=O)c1c[nH]c2ccccc12)c1ccc(Cl)cc1. The molecule has 0 spiro atoms. The van der Waals surface area contributed by atoms with Gasteiger partial charge in [-0.2, -0.15) is 0 Å². The normalized spacial score (nSPS) is 12.3. The summed E-state index contributed by atoms with van der Waals surface area (Å²) in [5.74, 6) is -1.04. The fourth-order valence-corrected chi connectivity index (χ4v) is 3.20. The molecule has 0 aliphatic rings. The average molecular weight is 370 g/mol. The maximum atomic E-state index is 12.6. The molecule has 0 saturated carbocycles. The van der Waals surface area contributed by atoms with Gasteiger partial charge in [-0.15, -0.1) is 0 Å². The number of halogens is 1. The van der Waals surface area contributed by atoms with Crippen molar-refractivity contribution in [2.45, 2.75) is 19.8 Å². The summed E-state index contributed by atoms with van der Waals surface area (Å²) in [5, 5.41) is 1.44. The van der Waals surface area contributed by atoms with Gasteiger partial charge in [-0.25, -0.2) is 0 Å². The van der Waals surface area contributed by atoms with E-state index in [4.69, 9.17) is 16.3 Å². The van der Waals surface area contributed by atoms with Gasteiger partial charge in [0, 0.05) is 27.7 Å². The number of ether oxygens (including phenoxy) is 1. The van der Waals surface area contributed by atoms with Gasteiger partial charge in [0.25, 0.3) is 0 Å². The number of esters is 1. The van der Waals surface area contributed by atoms with Crippen molar-refractivity contribution in [3.8, 4) is 0 Å². The van der Waals surface area contributed by atoms with Crippen LogP contribution in [0, 0.1) is 5.92 Å². The molecule has 0 aliphatic heterocycles. The van der Waals surface area contributed by atoms with Crippen molar-refractivity contribution in [2.24, 2.45) is 5.92 Å². The summed E-state index contributed by atoms with van der Waals surface area (Å²) in [6.45, 7) is 3.61. The van der Waals surface area contributed by atoms with Crippen molar-refractivity contribution in [2.75, 3.05) is 6.61 Å². The predicted octanol–water partition coefficient (Wildman–Crippen LogP) is 4.99. The van der Waals surface area contributed by atoms with Crippen LogP contribution in [0.25, 0.3) is 10.9 Å². The molecule has 0 aliphatic carbocycles. The second kappa shape index (κ2) is 7.75.